The molecule has 1 aliphatic heterocycles. The van der Waals surface area contributed by atoms with Crippen LogP contribution in [0.2, 0.25) is 0 Å². The van der Waals surface area contributed by atoms with Crippen LogP contribution in [0.15, 0.2) is 71.5 Å². The Morgan fingerprint density at radius 2 is 1.71 bits per heavy atom. The van der Waals surface area contributed by atoms with Gasteiger partial charge in [0.15, 0.2) is 0 Å². The molecule has 1 fully saturated rings. The third kappa shape index (κ3) is 4.88. The average molecular weight is 439 g/mol. The quantitative estimate of drug-likeness (QED) is 0.578. The van der Waals surface area contributed by atoms with Gasteiger partial charge >= 0.3 is 0 Å². The number of pyridine rings is 2. The molecule has 1 aliphatic rings. The molecule has 0 saturated carbocycles. The fraction of sp³-hybridized carbons (Fsp3) is 0.273. The number of ether oxygens (including phenoxy) is 1. The first-order valence-electron chi connectivity index (χ1n) is 9.47. The Labute approximate surface area is 174 Å². The van der Waals surface area contributed by atoms with E-state index in [1.807, 2.05) is 42.6 Å². The highest BCUT2D eigenvalue weighted by atomic mass is 79.9. The minimum Gasteiger partial charge on any atom is -0.487 e. The second-order valence-corrected chi connectivity index (χ2v) is 7.73. The third-order valence-electron chi connectivity index (χ3n) is 4.88. The van der Waals surface area contributed by atoms with Crippen LogP contribution in [0.5, 0.6) is 5.75 Å². The molecule has 0 atom stereocenters. The molecule has 4 rings (SSSR count). The molecule has 1 saturated heterocycles. The van der Waals surface area contributed by atoms with Crippen LogP contribution >= 0.6 is 15.9 Å². The lowest BCUT2D eigenvalue weighted by molar-refractivity contribution is 0.239. The molecule has 0 N–H and O–H groups in total. The van der Waals surface area contributed by atoms with Gasteiger partial charge in [0, 0.05) is 55.2 Å². The van der Waals surface area contributed by atoms with Crippen LogP contribution in [-0.4, -0.2) is 41.0 Å². The molecular weight excluding hydrogens is 416 g/mol. The van der Waals surface area contributed by atoms with Gasteiger partial charge in [-0.25, -0.2) is 4.98 Å². The number of nitrogens with zero attached hydrogens (tertiary/aromatic N) is 4. The number of rotatable bonds is 6. The van der Waals surface area contributed by atoms with E-state index < -0.39 is 0 Å². The number of piperazine rings is 1. The van der Waals surface area contributed by atoms with Crippen LogP contribution in [0, 0.1) is 0 Å². The molecule has 6 heteroatoms. The van der Waals surface area contributed by atoms with Gasteiger partial charge in [-0.1, -0.05) is 24.3 Å². The Morgan fingerprint density at radius 1 is 0.893 bits per heavy atom. The van der Waals surface area contributed by atoms with E-state index in [0.717, 1.165) is 54.5 Å². The summed E-state index contributed by atoms with van der Waals surface area (Å²) in [4.78, 5) is 13.7. The highest BCUT2D eigenvalue weighted by molar-refractivity contribution is 9.10. The van der Waals surface area contributed by atoms with Crippen molar-refractivity contribution in [2.45, 2.75) is 13.2 Å². The SMILES string of the molecule is Brc1ccc(N2CCN(Cc3ccccc3OCc3ccccn3)CC2)nc1. The third-order valence-corrected chi connectivity index (χ3v) is 5.35. The average Bonchev–Trinajstić information content (AvgIpc) is 2.75. The van der Waals surface area contributed by atoms with E-state index in [9.17, 15) is 0 Å². The highest BCUT2D eigenvalue weighted by Gasteiger charge is 2.19. The van der Waals surface area contributed by atoms with Crippen LogP contribution in [0.1, 0.15) is 11.3 Å². The summed E-state index contributed by atoms with van der Waals surface area (Å²) in [6.45, 7) is 5.34. The van der Waals surface area contributed by atoms with Crippen LogP contribution < -0.4 is 9.64 Å². The van der Waals surface area contributed by atoms with Crippen molar-refractivity contribution >= 4 is 21.7 Å². The van der Waals surface area contributed by atoms with Gasteiger partial charge in [0.25, 0.3) is 0 Å². The summed E-state index contributed by atoms with van der Waals surface area (Å²) in [5, 5.41) is 0. The number of benzene rings is 1. The molecule has 28 heavy (non-hydrogen) atoms. The van der Waals surface area contributed by atoms with Crippen molar-refractivity contribution in [3.8, 4) is 5.75 Å². The van der Waals surface area contributed by atoms with Crippen molar-refractivity contribution in [3.05, 3.63) is 82.7 Å². The Morgan fingerprint density at radius 3 is 2.46 bits per heavy atom. The molecule has 2 aromatic heterocycles. The first-order chi connectivity index (χ1) is 13.8. The van der Waals surface area contributed by atoms with Gasteiger partial charge in [0.2, 0.25) is 0 Å². The molecule has 0 aliphatic carbocycles. The fourth-order valence-electron chi connectivity index (χ4n) is 3.34. The van der Waals surface area contributed by atoms with Crippen LogP contribution in [-0.2, 0) is 13.2 Å². The zero-order chi connectivity index (χ0) is 19.2. The van der Waals surface area contributed by atoms with Crippen molar-refractivity contribution in [2.24, 2.45) is 0 Å². The van der Waals surface area contributed by atoms with Gasteiger partial charge in [0.05, 0.1) is 5.69 Å². The first kappa shape index (κ1) is 18.9. The maximum Gasteiger partial charge on any atom is 0.130 e. The van der Waals surface area contributed by atoms with Gasteiger partial charge in [-0.3, -0.25) is 9.88 Å². The van der Waals surface area contributed by atoms with Gasteiger partial charge in [-0.2, -0.15) is 0 Å². The van der Waals surface area contributed by atoms with Crippen LogP contribution in [0.4, 0.5) is 5.82 Å². The molecule has 144 valence electrons. The van der Waals surface area contributed by atoms with Crippen molar-refractivity contribution in [1.82, 2.24) is 14.9 Å². The Hall–Kier alpha value is -2.44. The lowest BCUT2D eigenvalue weighted by Crippen LogP contribution is -2.46. The van der Waals surface area contributed by atoms with E-state index in [2.05, 4.69) is 53.9 Å². The molecule has 0 amide bonds. The van der Waals surface area contributed by atoms with Crippen molar-refractivity contribution < 1.29 is 4.74 Å². The van der Waals surface area contributed by atoms with E-state index >= 15 is 0 Å². The molecule has 0 unspecified atom stereocenters. The van der Waals surface area contributed by atoms with Crippen LogP contribution in [0.3, 0.4) is 0 Å². The van der Waals surface area contributed by atoms with E-state index in [0.29, 0.717) is 6.61 Å². The summed E-state index contributed by atoms with van der Waals surface area (Å²) in [5.41, 5.74) is 2.15. The Bertz CT molecular complexity index is 881. The van der Waals surface area contributed by atoms with Crippen molar-refractivity contribution in [1.29, 1.82) is 0 Å². The van der Waals surface area contributed by atoms with E-state index in [1.165, 1.54) is 5.56 Å². The van der Waals surface area contributed by atoms with Gasteiger partial charge in [-0.15, -0.1) is 0 Å². The van der Waals surface area contributed by atoms with Gasteiger partial charge in [0.1, 0.15) is 18.2 Å². The summed E-state index contributed by atoms with van der Waals surface area (Å²) in [6, 6.07) is 18.3. The zero-order valence-electron chi connectivity index (χ0n) is 15.7. The monoisotopic (exact) mass is 438 g/mol. The number of hydrogen-bond donors (Lipinski definition) is 0. The number of anilines is 1. The Balaban J connectivity index is 1.34. The van der Waals surface area contributed by atoms with E-state index in [4.69, 9.17) is 4.74 Å². The maximum absolute atomic E-state index is 6.05. The molecular formula is C22H23BrN4O. The molecule has 1 aromatic carbocycles. The molecule has 3 heterocycles. The smallest absolute Gasteiger partial charge is 0.130 e. The van der Waals surface area contributed by atoms with E-state index in [1.54, 1.807) is 6.20 Å². The molecule has 5 nitrogen and oxygen atoms in total. The number of para-hydroxylation sites is 1. The van der Waals surface area contributed by atoms with Crippen LogP contribution in [0.25, 0.3) is 0 Å². The second-order valence-electron chi connectivity index (χ2n) is 6.82. The summed E-state index contributed by atoms with van der Waals surface area (Å²) in [7, 11) is 0. The lowest BCUT2D eigenvalue weighted by Gasteiger charge is -2.35. The molecule has 0 bridgehead atoms. The summed E-state index contributed by atoms with van der Waals surface area (Å²) in [5.74, 6) is 1.98. The summed E-state index contributed by atoms with van der Waals surface area (Å²) < 4.78 is 7.06. The van der Waals surface area contributed by atoms with Crippen molar-refractivity contribution in [2.75, 3.05) is 31.1 Å². The number of aromatic nitrogens is 2. The predicted octanol–water partition coefficient (Wildman–Crippen LogP) is 4.14. The van der Waals surface area contributed by atoms with Crippen molar-refractivity contribution in [3.63, 3.8) is 0 Å². The number of hydrogen-bond acceptors (Lipinski definition) is 5. The topological polar surface area (TPSA) is 41.5 Å². The number of halogens is 1. The zero-order valence-corrected chi connectivity index (χ0v) is 17.3. The van der Waals surface area contributed by atoms with Gasteiger partial charge < -0.3 is 9.64 Å². The minimum absolute atomic E-state index is 0.487. The highest BCUT2D eigenvalue weighted by Crippen LogP contribution is 2.22. The standard InChI is InChI=1S/C22H23BrN4O/c23-19-8-9-22(25-15-19)27-13-11-26(12-14-27)16-18-5-1-2-7-21(18)28-17-20-6-3-4-10-24-20/h1-10,15H,11-14,16-17H2. The van der Waals surface area contributed by atoms with Gasteiger partial charge in [-0.05, 0) is 46.3 Å². The normalized spacial score (nSPS) is 14.8. The second kappa shape index (κ2) is 9.17. The Kier molecular flexibility index (Phi) is 6.19. The fourth-order valence-corrected chi connectivity index (χ4v) is 3.58. The lowest BCUT2D eigenvalue weighted by atomic mass is 10.1. The molecule has 0 radical (unpaired) electrons. The summed E-state index contributed by atoms with van der Waals surface area (Å²) >= 11 is 3.45. The van der Waals surface area contributed by atoms with E-state index in [-0.39, 0.29) is 0 Å². The maximum atomic E-state index is 6.05. The largest absolute Gasteiger partial charge is 0.487 e. The molecule has 0 spiro atoms. The first-order valence-corrected chi connectivity index (χ1v) is 10.3. The minimum atomic E-state index is 0.487. The predicted molar refractivity (Wildman–Crippen MR) is 114 cm³/mol. The summed E-state index contributed by atoms with van der Waals surface area (Å²) in [6.07, 6.45) is 3.65. The molecule has 3 aromatic rings.